The molecule has 0 aliphatic carbocycles. The van der Waals surface area contributed by atoms with E-state index in [1.807, 2.05) is 4.90 Å². The number of halogens is 1. The molecule has 2 rings (SSSR count). The number of anilines is 1. The minimum atomic E-state index is -0.0313. The fourth-order valence-corrected chi connectivity index (χ4v) is 2.47. The number of pyridine rings is 1. The van der Waals surface area contributed by atoms with E-state index in [0.717, 1.165) is 25.8 Å². The summed E-state index contributed by atoms with van der Waals surface area (Å²) >= 11 is 5.80. The first kappa shape index (κ1) is 12.2. The Morgan fingerprint density at radius 3 is 3.18 bits per heavy atom. The van der Waals surface area contributed by atoms with Crippen LogP contribution in [0, 0.1) is 0 Å². The molecule has 1 aromatic heterocycles. The molecule has 1 fully saturated rings. The van der Waals surface area contributed by atoms with E-state index in [4.69, 9.17) is 17.3 Å². The third-order valence-corrected chi connectivity index (χ3v) is 3.45. The van der Waals surface area contributed by atoms with Crippen LogP contribution in [0.4, 0.5) is 5.69 Å². The van der Waals surface area contributed by atoms with Crippen molar-refractivity contribution in [3.63, 3.8) is 0 Å². The minimum Gasteiger partial charge on any atom is -0.397 e. The Labute approximate surface area is 106 Å². The largest absolute Gasteiger partial charge is 0.397 e. The van der Waals surface area contributed by atoms with Crippen molar-refractivity contribution in [3.8, 4) is 0 Å². The van der Waals surface area contributed by atoms with Crippen LogP contribution in [0.5, 0.6) is 0 Å². The first-order valence-electron chi connectivity index (χ1n) is 5.85. The number of hydrogen-bond donors (Lipinski definition) is 1. The molecule has 0 aromatic carbocycles. The van der Waals surface area contributed by atoms with Crippen molar-refractivity contribution in [3.05, 3.63) is 23.0 Å². The topological polar surface area (TPSA) is 59.2 Å². The van der Waals surface area contributed by atoms with E-state index in [1.165, 1.54) is 6.20 Å². The molecule has 1 aliphatic heterocycles. The molecule has 0 radical (unpaired) electrons. The highest BCUT2D eigenvalue weighted by Crippen LogP contribution is 2.25. The molecule has 1 saturated heterocycles. The van der Waals surface area contributed by atoms with E-state index >= 15 is 0 Å². The highest BCUT2D eigenvalue weighted by molar-refractivity contribution is 6.29. The maximum absolute atomic E-state index is 12.3. The summed E-state index contributed by atoms with van der Waals surface area (Å²) in [7, 11) is 0. The summed E-state index contributed by atoms with van der Waals surface area (Å²) in [5.41, 5.74) is 6.63. The summed E-state index contributed by atoms with van der Waals surface area (Å²) in [6.45, 7) is 2.90. The zero-order chi connectivity index (χ0) is 12.4. The molecule has 2 heterocycles. The normalized spacial score (nSPS) is 19.6. The third-order valence-electron chi connectivity index (χ3n) is 3.24. The van der Waals surface area contributed by atoms with E-state index < -0.39 is 0 Å². The Hall–Kier alpha value is -1.29. The lowest BCUT2D eigenvalue weighted by atomic mass is 10.1. The standard InChI is InChI=1S/C12H16ClN3O/c1-2-8-4-3-5-16(8)12(17)9-6-11(13)15-7-10(9)14/h6-8H,2-5,14H2,1H3. The molecule has 1 atom stereocenters. The van der Waals surface area contributed by atoms with Gasteiger partial charge in [0.2, 0.25) is 0 Å². The van der Waals surface area contributed by atoms with Crippen LogP contribution < -0.4 is 5.73 Å². The lowest BCUT2D eigenvalue weighted by molar-refractivity contribution is 0.0734. The molecule has 17 heavy (non-hydrogen) atoms. The highest BCUT2D eigenvalue weighted by Gasteiger charge is 2.29. The molecule has 1 aromatic rings. The van der Waals surface area contributed by atoms with Crippen molar-refractivity contribution >= 4 is 23.2 Å². The van der Waals surface area contributed by atoms with Gasteiger partial charge in [-0.3, -0.25) is 4.79 Å². The van der Waals surface area contributed by atoms with Crippen molar-refractivity contribution in [2.45, 2.75) is 32.2 Å². The number of nitrogens with two attached hydrogens (primary N) is 1. The molecule has 0 bridgehead atoms. The Bertz CT molecular complexity index is 436. The molecule has 0 spiro atoms. The number of likely N-dealkylation sites (tertiary alicyclic amines) is 1. The quantitative estimate of drug-likeness (QED) is 0.823. The highest BCUT2D eigenvalue weighted by atomic mass is 35.5. The summed E-state index contributed by atoms with van der Waals surface area (Å²) < 4.78 is 0. The number of nitrogen functional groups attached to an aromatic ring is 1. The van der Waals surface area contributed by atoms with Gasteiger partial charge in [0, 0.05) is 12.6 Å². The maximum atomic E-state index is 12.3. The second-order valence-corrected chi connectivity index (χ2v) is 4.68. The maximum Gasteiger partial charge on any atom is 0.256 e. The molecule has 0 saturated carbocycles. The number of nitrogens with zero attached hydrogens (tertiary/aromatic N) is 2. The van der Waals surface area contributed by atoms with Crippen molar-refractivity contribution < 1.29 is 4.79 Å². The van der Waals surface area contributed by atoms with E-state index in [9.17, 15) is 4.79 Å². The lowest BCUT2D eigenvalue weighted by Crippen LogP contribution is -2.35. The van der Waals surface area contributed by atoms with Gasteiger partial charge in [-0.2, -0.15) is 0 Å². The zero-order valence-electron chi connectivity index (χ0n) is 9.82. The summed E-state index contributed by atoms with van der Waals surface area (Å²) in [5, 5.41) is 0.301. The van der Waals surface area contributed by atoms with Gasteiger partial charge in [-0.25, -0.2) is 4.98 Å². The van der Waals surface area contributed by atoms with E-state index in [1.54, 1.807) is 6.07 Å². The summed E-state index contributed by atoms with van der Waals surface area (Å²) in [6.07, 6.45) is 4.54. The Morgan fingerprint density at radius 1 is 1.71 bits per heavy atom. The third kappa shape index (κ3) is 2.36. The van der Waals surface area contributed by atoms with E-state index in [-0.39, 0.29) is 5.91 Å². The van der Waals surface area contributed by atoms with Crippen molar-refractivity contribution in [2.24, 2.45) is 0 Å². The van der Waals surface area contributed by atoms with Gasteiger partial charge in [-0.05, 0) is 25.3 Å². The van der Waals surface area contributed by atoms with Gasteiger partial charge in [0.25, 0.3) is 5.91 Å². The van der Waals surface area contributed by atoms with Crippen LogP contribution in [-0.4, -0.2) is 28.4 Å². The van der Waals surface area contributed by atoms with Crippen molar-refractivity contribution in [1.29, 1.82) is 0 Å². The fraction of sp³-hybridized carbons (Fsp3) is 0.500. The van der Waals surface area contributed by atoms with Gasteiger partial charge in [0.15, 0.2) is 0 Å². The minimum absolute atomic E-state index is 0.0313. The fourth-order valence-electron chi connectivity index (χ4n) is 2.31. The smallest absolute Gasteiger partial charge is 0.256 e. The number of aromatic nitrogens is 1. The van der Waals surface area contributed by atoms with Crippen LogP contribution in [0.2, 0.25) is 5.15 Å². The molecular weight excluding hydrogens is 238 g/mol. The second-order valence-electron chi connectivity index (χ2n) is 4.30. The van der Waals surface area contributed by atoms with E-state index in [2.05, 4.69) is 11.9 Å². The van der Waals surface area contributed by atoms with Crippen LogP contribution in [0.25, 0.3) is 0 Å². The molecule has 92 valence electrons. The number of amides is 1. The van der Waals surface area contributed by atoms with Crippen LogP contribution in [0.1, 0.15) is 36.5 Å². The second kappa shape index (κ2) is 4.92. The number of rotatable bonds is 2. The van der Waals surface area contributed by atoms with Gasteiger partial charge in [0.05, 0.1) is 17.4 Å². The monoisotopic (exact) mass is 253 g/mol. The van der Waals surface area contributed by atoms with Crippen LogP contribution >= 0.6 is 11.6 Å². The van der Waals surface area contributed by atoms with Gasteiger partial charge >= 0.3 is 0 Å². The first-order valence-corrected chi connectivity index (χ1v) is 6.23. The summed E-state index contributed by atoms with van der Waals surface area (Å²) in [5.74, 6) is -0.0313. The Kier molecular flexibility index (Phi) is 3.52. The van der Waals surface area contributed by atoms with Gasteiger partial charge in [-0.1, -0.05) is 18.5 Å². The van der Waals surface area contributed by atoms with Crippen molar-refractivity contribution in [1.82, 2.24) is 9.88 Å². The van der Waals surface area contributed by atoms with E-state index in [0.29, 0.717) is 22.4 Å². The Morgan fingerprint density at radius 2 is 2.47 bits per heavy atom. The predicted molar refractivity (Wildman–Crippen MR) is 68.0 cm³/mol. The molecule has 5 heteroatoms. The molecule has 1 aliphatic rings. The van der Waals surface area contributed by atoms with Crippen LogP contribution in [0.3, 0.4) is 0 Å². The average molecular weight is 254 g/mol. The van der Waals surface area contributed by atoms with Crippen LogP contribution in [0.15, 0.2) is 12.3 Å². The predicted octanol–water partition coefficient (Wildman–Crippen LogP) is 2.33. The Balaban J connectivity index is 2.27. The number of hydrogen-bond acceptors (Lipinski definition) is 3. The molecule has 2 N–H and O–H groups in total. The van der Waals surface area contributed by atoms with Gasteiger partial charge in [0.1, 0.15) is 5.15 Å². The molecular formula is C12H16ClN3O. The average Bonchev–Trinajstić information content (AvgIpc) is 2.79. The molecule has 4 nitrogen and oxygen atoms in total. The number of carbonyl (C=O) groups is 1. The summed E-state index contributed by atoms with van der Waals surface area (Å²) in [4.78, 5) is 18.1. The molecule has 1 unspecified atom stereocenters. The van der Waals surface area contributed by atoms with Crippen molar-refractivity contribution in [2.75, 3.05) is 12.3 Å². The van der Waals surface area contributed by atoms with Gasteiger partial charge in [-0.15, -0.1) is 0 Å². The SMILES string of the molecule is CCC1CCCN1C(=O)c1cc(Cl)ncc1N. The number of carbonyl (C=O) groups excluding carboxylic acids is 1. The molecule has 1 amide bonds. The first-order chi connectivity index (χ1) is 8.13. The summed E-state index contributed by atoms with van der Waals surface area (Å²) in [6, 6.07) is 1.87. The van der Waals surface area contributed by atoms with Gasteiger partial charge < -0.3 is 10.6 Å². The zero-order valence-corrected chi connectivity index (χ0v) is 10.6. The van der Waals surface area contributed by atoms with Crippen LogP contribution in [-0.2, 0) is 0 Å². The lowest BCUT2D eigenvalue weighted by Gasteiger charge is -2.24.